The molecular formula is C10H21N3O. The Labute approximate surface area is 85.8 Å². The number of rotatable bonds is 4. The number of nitrogens with one attached hydrogen (secondary N) is 1. The Bertz CT molecular complexity index is 196. The second kappa shape index (κ2) is 5.32. The number of hydrogen-bond acceptors (Lipinski definition) is 3. The number of amides is 1. The average molecular weight is 199 g/mol. The zero-order chi connectivity index (χ0) is 10.6. The van der Waals surface area contributed by atoms with E-state index in [4.69, 9.17) is 5.73 Å². The van der Waals surface area contributed by atoms with E-state index in [-0.39, 0.29) is 11.9 Å². The van der Waals surface area contributed by atoms with Crippen molar-refractivity contribution in [2.75, 3.05) is 26.7 Å². The van der Waals surface area contributed by atoms with Crippen molar-refractivity contribution in [2.45, 2.75) is 25.8 Å². The molecule has 14 heavy (non-hydrogen) atoms. The Morgan fingerprint density at radius 2 is 2.43 bits per heavy atom. The Morgan fingerprint density at radius 3 is 2.93 bits per heavy atom. The summed E-state index contributed by atoms with van der Waals surface area (Å²) in [5.41, 5.74) is 5.27. The number of primary amides is 1. The number of carbonyl (C=O) groups is 1. The van der Waals surface area contributed by atoms with Crippen molar-refractivity contribution in [3.63, 3.8) is 0 Å². The van der Waals surface area contributed by atoms with Gasteiger partial charge < -0.3 is 16.0 Å². The quantitative estimate of drug-likeness (QED) is 0.659. The van der Waals surface area contributed by atoms with E-state index in [0.717, 1.165) is 25.6 Å². The number of nitrogens with zero attached hydrogens (tertiary/aromatic N) is 1. The Morgan fingerprint density at radius 1 is 1.71 bits per heavy atom. The molecule has 82 valence electrons. The first-order valence-corrected chi connectivity index (χ1v) is 5.32. The second-order valence-corrected chi connectivity index (χ2v) is 4.25. The summed E-state index contributed by atoms with van der Waals surface area (Å²) in [6.45, 7) is 5.18. The van der Waals surface area contributed by atoms with Crippen LogP contribution >= 0.6 is 0 Å². The van der Waals surface area contributed by atoms with Gasteiger partial charge in [0, 0.05) is 13.1 Å². The van der Waals surface area contributed by atoms with E-state index in [1.54, 1.807) is 7.05 Å². The molecule has 1 heterocycles. The third kappa shape index (κ3) is 3.27. The van der Waals surface area contributed by atoms with Crippen LogP contribution < -0.4 is 11.1 Å². The summed E-state index contributed by atoms with van der Waals surface area (Å²) in [7, 11) is 1.78. The summed E-state index contributed by atoms with van der Waals surface area (Å²) in [6, 6.07) is -0.208. The van der Waals surface area contributed by atoms with Crippen molar-refractivity contribution < 1.29 is 4.79 Å². The van der Waals surface area contributed by atoms with E-state index in [1.807, 2.05) is 0 Å². The normalized spacial score (nSPS) is 26.0. The van der Waals surface area contributed by atoms with Crippen molar-refractivity contribution >= 4 is 5.91 Å². The number of nitrogens with two attached hydrogens (primary N) is 1. The van der Waals surface area contributed by atoms with Gasteiger partial charge in [-0.25, -0.2) is 0 Å². The summed E-state index contributed by atoms with van der Waals surface area (Å²) in [5, 5.41) is 2.95. The van der Waals surface area contributed by atoms with Crippen LogP contribution in [0.1, 0.15) is 19.8 Å². The van der Waals surface area contributed by atoms with E-state index >= 15 is 0 Å². The summed E-state index contributed by atoms with van der Waals surface area (Å²) in [4.78, 5) is 13.3. The summed E-state index contributed by atoms with van der Waals surface area (Å²) in [6.07, 6.45) is 2.54. The van der Waals surface area contributed by atoms with Crippen LogP contribution in [0.2, 0.25) is 0 Å². The molecule has 2 unspecified atom stereocenters. The first kappa shape index (κ1) is 11.5. The fraction of sp³-hybridized carbons (Fsp3) is 0.900. The molecule has 0 radical (unpaired) electrons. The highest BCUT2D eigenvalue weighted by Crippen LogP contribution is 2.15. The number of likely N-dealkylation sites (N-methyl/N-ethyl adjacent to an activating group) is 1. The number of piperidine rings is 1. The smallest absolute Gasteiger partial charge is 0.235 e. The van der Waals surface area contributed by atoms with Gasteiger partial charge >= 0.3 is 0 Å². The SMILES string of the molecule is CNC(CN1CCCC(C)C1)C(N)=O. The molecule has 0 aromatic carbocycles. The predicted molar refractivity (Wildman–Crippen MR) is 56.9 cm³/mol. The van der Waals surface area contributed by atoms with Crippen LogP contribution in [0.4, 0.5) is 0 Å². The van der Waals surface area contributed by atoms with Gasteiger partial charge in [-0.3, -0.25) is 4.79 Å². The van der Waals surface area contributed by atoms with Gasteiger partial charge in [0.05, 0.1) is 6.04 Å². The van der Waals surface area contributed by atoms with Gasteiger partial charge in [-0.1, -0.05) is 6.92 Å². The van der Waals surface area contributed by atoms with E-state index in [9.17, 15) is 4.79 Å². The van der Waals surface area contributed by atoms with Crippen LogP contribution in [0, 0.1) is 5.92 Å². The first-order valence-electron chi connectivity index (χ1n) is 5.32. The molecule has 1 amide bonds. The molecule has 1 rings (SSSR count). The molecule has 0 aromatic heterocycles. The molecule has 1 fully saturated rings. The molecule has 0 spiro atoms. The molecule has 1 saturated heterocycles. The van der Waals surface area contributed by atoms with E-state index < -0.39 is 0 Å². The van der Waals surface area contributed by atoms with Crippen molar-refractivity contribution in [1.82, 2.24) is 10.2 Å². The lowest BCUT2D eigenvalue weighted by molar-refractivity contribution is -0.120. The fourth-order valence-corrected chi connectivity index (χ4v) is 2.03. The highest BCUT2D eigenvalue weighted by atomic mass is 16.1. The van der Waals surface area contributed by atoms with Crippen molar-refractivity contribution in [2.24, 2.45) is 11.7 Å². The zero-order valence-corrected chi connectivity index (χ0v) is 9.12. The minimum absolute atomic E-state index is 0.208. The van der Waals surface area contributed by atoms with Gasteiger partial charge in [-0.05, 0) is 32.4 Å². The molecular weight excluding hydrogens is 178 g/mol. The third-order valence-electron chi connectivity index (χ3n) is 2.87. The lowest BCUT2D eigenvalue weighted by atomic mass is 10.00. The van der Waals surface area contributed by atoms with E-state index in [1.165, 1.54) is 12.8 Å². The summed E-state index contributed by atoms with van der Waals surface area (Å²) >= 11 is 0. The van der Waals surface area contributed by atoms with Crippen molar-refractivity contribution in [3.8, 4) is 0 Å². The standard InChI is InChI=1S/C10H21N3O/c1-8-4-3-5-13(6-8)7-9(12-2)10(11)14/h8-9,12H,3-7H2,1-2H3,(H2,11,14). The maximum atomic E-state index is 11.0. The molecule has 2 atom stereocenters. The van der Waals surface area contributed by atoms with Gasteiger partial charge in [-0.15, -0.1) is 0 Å². The molecule has 0 bridgehead atoms. The topological polar surface area (TPSA) is 58.4 Å². The zero-order valence-electron chi connectivity index (χ0n) is 9.12. The highest BCUT2D eigenvalue weighted by Gasteiger charge is 2.21. The Balaban J connectivity index is 2.37. The van der Waals surface area contributed by atoms with E-state index in [0.29, 0.717) is 0 Å². The first-order chi connectivity index (χ1) is 6.63. The summed E-state index contributed by atoms with van der Waals surface area (Å²) in [5.74, 6) is 0.486. The number of likely N-dealkylation sites (tertiary alicyclic amines) is 1. The van der Waals surface area contributed by atoms with Gasteiger partial charge in [0.1, 0.15) is 0 Å². The Kier molecular flexibility index (Phi) is 4.35. The molecule has 0 saturated carbocycles. The molecule has 0 aliphatic carbocycles. The van der Waals surface area contributed by atoms with Crippen molar-refractivity contribution in [3.05, 3.63) is 0 Å². The molecule has 4 heteroatoms. The third-order valence-corrected chi connectivity index (χ3v) is 2.87. The minimum Gasteiger partial charge on any atom is -0.368 e. The van der Waals surface area contributed by atoms with Crippen LogP contribution in [0.25, 0.3) is 0 Å². The molecule has 4 nitrogen and oxygen atoms in total. The van der Waals surface area contributed by atoms with Gasteiger partial charge in [-0.2, -0.15) is 0 Å². The molecule has 3 N–H and O–H groups in total. The lowest BCUT2D eigenvalue weighted by Crippen LogP contribution is -2.49. The fourth-order valence-electron chi connectivity index (χ4n) is 2.03. The lowest BCUT2D eigenvalue weighted by Gasteiger charge is -2.32. The molecule has 0 aromatic rings. The monoisotopic (exact) mass is 199 g/mol. The van der Waals surface area contributed by atoms with Crippen LogP contribution in [0.3, 0.4) is 0 Å². The van der Waals surface area contributed by atoms with Crippen LogP contribution in [0.15, 0.2) is 0 Å². The highest BCUT2D eigenvalue weighted by molar-refractivity contribution is 5.80. The molecule has 1 aliphatic heterocycles. The minimum atomic E-state index is -0.259. The number of hydrogen-bond donors (Lipinski definition) is 2. The summed E-state index contributed by atoms with van der Waals surface area (Å²) < 4.78 is 0. The van der Waals surface area contributed by atoms with Crippen molar-refractivity contribution in [1.29, 1.82) is 0 Å². The molecule has 1 aliphatic rings. The van der Waals surface area contributed by atoms with Gasteiger partial charge in [0.15, 0.2) is 0 Å². The van der Waals surface area contributed by atoms with Crippen LogP contribution in [0.5, 0.6) is 0 Å². The maximum Gasteiger partial charge on any atom is 0.235 e. The Hall–Kier alpha value is -0.610. The second-order valence-electron chi connectivity index (χ2n) is 4.25. The maximum absolute atomic E-state index is 11.0. The largest absolute Gasteiger partial charge is 0.368 e. The average Bonchev–Trinajstić information content (AvgIpc) is 2.14. The number of carbonyl (C=O) groups excluding carboxylic acids is 1. The predicted octanol–water partition coefficient (Wildman–Crippen LogP) is -0.208. The van der Waals surface area contributed by atoms with Crippen LogP contribution in [-0.2, 0) is 4.79 Å². The van der Waals surface area contributed by atoms with Gasteiger partial charge in [0.2, 0.25) is 5.91 Å². The van der Waals surface area contributed by atoms with E-state index in [2.05, 4.69) is 17.1 Å². The van der Waals surface area contributed by atoms with Crippen LogP contribution in [-0.4, -0.2) is 43.5 Å². The van der Waals surface area contributed by atoms with Gasteiger partial charge in [0.25, 0.3) is 0 Å².